The van der Waals surface area contributed by atoms with Crippen LogP contribution in [-0.2, 0) is 6.42 Å². The molecule has 0 radical (unpaired) electrons. The minimum absolute atomic E-state index is 0.137. The van der Waals surface area contributed by atoms with Gasteiger partial charge in [0.2, 0.25) is 0 Å². The molecular formula is C13H14F3NO2. The number of hydrogen-bond acceptors (Lipinski definition) is 2. The minimum Gasteiger partial charge on any atom is -0.481 e. The maximum Gasteiger partial charge on any atom is 0.425 e. The molecule has 0 aliphatic carbocycles. The molecule has 1 unspecified atom stereocenters. The minimum atomic E-state index is -4.40. The lowest BCUT2D eigenvalue weighted by atomic mass is 10.0. The van der Waals surface area contributed by atoms with Gasteiger partial charge in [-0.1, -0.05) is 0 Å². The molecule has 1 aliphatic rings. The van der Waals surface area contributed by atoms with E-state index < -0.39 is 12.3 Å². The normalized spacial score (nSPS) is 17.2. The maximum absolute atomic E-state index is 12.4. The zero-order chi connectivity index (χ0) is 14.0. The van der Waals surface area contributed by atoms with Gasteiger partial charge in [-0.2, -0.15) is 13.2 Å². The summed E-state index contributed by atoms with van der Waals surface area (Å²) in [6.07, 6.45) is -4.86. The van der Waals surface area contributed by atoms with E-state index in [4.69, 9.17) is 4.74 Å². The molecule has 0 saturated carbocycles. The van der Waals surface area contributed by atoms with Gasteiger partial charge in [-0.25, -0.2) is 0 Å². The number of ether oxygens (including phenoxy) is 1. The van der Waals surface area contributed by atoms with Crippen LogP contribution in [0.3, 0.4) is 0 Å². The summed E-state index contributed by atoms with van der Waals surface area (Å²) < 4.78 is 42.1. The van der Waals surface area contributed by atoms with E-state index in [1.54, 1.807) is 0 Å². The summed E-state index contributed by atoms with van der Waals surface area (Å²) >= 11 is 0. The smallest absolute Gasteiger partial charge is 0.425 e. The fraction of sp³-hybridized carbons (Fsp3) is 0.462. The highest BCUT2D eigenvalue weighted by Gasteiger charge is 2.38. The fourth-order valence-corrected chi connectivity index (χ4v) is 1.92. The van der Waals surface area contributed by atoms with E-state index in [-0.39, 0.29) is 11.7 Å². The largest absolute Gasteiger partial charge is 0.481 e. The lowest BCUT2D eigenvalue weighted by Crippen LogP contribution is -2.31. The van der Waals surface area contributed by atoms with E-state index in [2.05, 4.69) is 5.32 Å². The van der Waals surface area contributed by atoms with E-state index in [9.17, 15) is 18.0 Å². The Kier molecular flexibility index (Phi) is 3.68. The second-order valence-electron chi connectivity index (χ2n) is 4.48. The monoisotopic (exact) mass is 273 g/mol. The molecule has 19 heavy (non-hydrogen) atoms. The van der Waals surface area contributed by atoms with Crippen molar-refractivity contribution >= 4 is 5.91 Å². The van der Waals surface area contributed by atoms with E-state index in [0.717, 1.165) is 18.9 Å². The van der Waals surface area contributed by atoms with Crippen molar-refractivity contribution in [3.63, 3.8) is 0 Å². The number of amides is 1. The van der Waals surface area contributed by atoms with Gasteiger partial charge in [0.25, 0.3) is 5.91 Å². The van der Waals surface area contributed by atoms with Crippen LogP contribution in [0.1, 0.15) is 29.3 Å². The Morgan fingerprint density at radius 2 is 2.11 bits per heavy atom. The average Bonchev–Trinajstić information content (AvgIpc) is 2.50. The third-order valence-corrected chi connectivity index (χ3v) is 3.00. The molecular weight excluding hydrogens is 259 g/mol. The molecule has 104 valence electrons. The highest BCUT2D eigenvalue weighted by Crippen LogP contribution is 2.27. The molecule has 1 amide bonds. The summed E-state index contributed by atoms with van der Waals surface area (Å²) in [5.41, 5.74) is 1.23. The van der Waals surface area contributed by atoms with Crippen molar-refractivity contribution < 1.29 is 22.7 Å². The molecule has 1 N–H and O–H groups in total. The van der Waals surface area contributed by atoms with E-state index >= 15 is 0 Å². The number of aryl methyl sites for hydroxylation is 1. The lowest BCUT2D eigenvalue weighted by Gasteiger charge is -2.18. The van der Waals surface area contributed by atoms with E-state index in [1.807, 2.05) is 0 Å². The van der Waals surface area contributed by atoms with Crippen molar-refractivity contribution in [2.75, 3.05) is 6.54 Å². The maximum atomic E-state index is 12.4. The number of rotatable bonds is 2. The van der Waals surface area contributed by atoms with Crippen molar-refractivity contribution in [2.45, 2.75) is 32.0 Å². The number of benzene rings is 1. The number of carbonyl (C=O) groups excluding carboxylic acids is 1. The van der Waals surface area contributed by atoms with Crippen LogP contribution >= 0.6 is 0 Å². The molecule has 0 fully saturated rings. The summed E-state index contributed by atoms with van der Waals surface area (Å²) in [7, 11) is 0. The van der Waals surface area contributed by atoms with Gasteiger partial charge in [0, 0.05) is 12.1 Å². The Morgan fingerprint density at radius 3 is 2.79 bits per heavy atom. The molecule has 0 aromatic heterocycles. The molecule has 1 heterocycles. The molecule has 0 bridgehead atoms. The number of halogens is 3. The Bertz CT molecular complexity index is 485. The summed E-state index contributed by atoms with van der Waals surface area (Å²) in [6, 6.07) is 4.42. The Labute approximate surface area is 108 Å². The van der Waals surface area contributed by atoms with Gasteiger partial charge in [0.1, 0.15) is 5.75 Å². The molecule has 1 aromatic carbocycles. The quantitative estimate of drug-likeness (QED) is 0.899. The number of fused-ring (bicyclic) bond motifs is 1. The molecule has 1 atom stereocenters. The van der Waals surface area contributed by atoms with Crippen molar-refractivity contribution in [2.24, 2.45) is 0 Å². The van der Waals surface area contributed by atoms with Crippen LogP contribution in [0.5, 0.6) is 5.75 Å². The molecule has 3 nitrogen and oxygen atoms in total. The number of alkyl halides is 3. The van der Waals surface area contributed by atoms with Gasteiger partial charge in [-0.3, -0.25) is 4.79 Å². The SMILES string of the molecule is CC(Oc1ccc2c(c1)CCCNC2=O)C(F)(F)F. The summed E-state index contributed by atoms with van der Waals surface area (Å²) in [6.45, 7) is 1.53. The molecule has 0 saturated heterocycles. The predicted molar refractivity (Wildman–Crippen MR) is 63.2 cm³/mol. The van der Waals surface area contributed by atoms with Crippen LogP contribution in [0.25, 0.3) is 0 Å². The van der Waals surface area contributed by atoms with Crippen LogP contribution < -0.4 is 10.1 Å². The van der Waals surface area contributed by atoms with E-state index in [1.165, 1.54) is 18.2 Å². The third-order valence-electron chi connectivity index (χ3n) is 3.00. The number of carbonyl (C=O) groups is 1. The van der Waals surface area contributed by atoms with Crippen molar-refractivity contribution in [1.82, 2.24) is 5.32 Å². The second-order valence-corrected chi connectivity index (χ2v) is 4.48. The van der Waals surface area contributed by atoms with Crippen LogP contribution in [0.15, 0.2) is 18.2 Å². The lowest BCUT2D eigenvalue weighted by molar-refractivity contribution is -0.189. The van der Waals surface area contributed by atoms with Crippen LogP contribution in [0.4, 0.5) is 13.2 Å². The molecule has 1 aromatic rings. The Hall–Kier alpha value is -1.72. The van der Waals surface area contributed by atoms with Gasteiger partial charge >= 0.3 is 6.18 Å². The highest BCUT2D eigenvalue weighted by molar-refractivity contribution is 5.96. The molecule has 0 spiro atoms. The second kappa shape index (κ2) is 5.11. The van der Waals surface area contributed by atoms with Crippen LogP contribution in [-0.4, -0.2) is 24.7 Å². The van der Waals surface area contributed by atoms with Crippen LogP contribution in [0, 0.1) is 0 Å². The summed E-state index contributed by atoms with van der Waals surface area (Å²) in [5.74, 6) is -0.0544. The molecule has 6 heteroatoms. The van der Waals surface area contributed by atoms with Gasteiger partial charge in [-0.15, -0.1) is 0 Å². The topological polar surface area (TPSA) is 38.3 Å². The van der Waals surface area contributed by atoms with Gasteiger partial charge in [-0.05, 0) is 43.5 Å². The number of nitrogens with one attached hydrogen (secondary N) is 1. The highest BCUT2D eigenvalue weighted by atomic mass is 19.4. The average molecular weight is 273 g/mol. The van der Waals surface area contributed by atoms with Gasteiger partial charge < -0.3 is 10.1 Å². The van der Waals surface area contributed by atoms with E-state index in [0.29, 0.717) is 18.5 Å². The zero-order valence-electron chi connectivity index (χ0n) is 10.4. The first-order chi connectivity index (χ1) is 8.88. The fourth-order valence-electron chi connectivity index (χ4n) is 1.92. The first-order valence-corrected chi connectivity index (χ1v) is 6.02. The van der Waals surface area contributed by atoms with Crippen molar-refractivity contribution in [3.8, 4) is 5.75 Å². The Balaban J connectivity index is 2.21. The van der Waals surface area contributed by atoms with Gasteiger partial charge in [0.05, 0.1) is 0 Å². The number of hydrogen-bond donors (Lipinski definition) is 1. The first-order valence-electron chi connectivity index (χ1n) is 6.02. The third kappa shape index (κ3) is 3.19. The Morgan fingerprint density at radius 1 is 1.37 bits per heavy atom. The van der Waals surface area contributed by atoms with Crippen LogP contribution in [0.2, 0.25) is 0 Å². The van der Waals surface area contributed by atoms with Gasteiger partial charge in [0.15, 0.2) is 6.10 Å². The summed E-state index contributed by atoms with van der Waals surface area (Å²) in [4.78, 5) is 11.7. The van der Waals surface area contributed by atoms with Crippen molar-refractivity contribution in [3.05, 3.63) is 29.3 Å². The summed E-state index contributed by atoms with van der Waals surface area (Å²) in [5, 5.41) is 2.73. The zero-order valence-corrected chi connectivity index (χ0v) is 10.4. The molecule has 2 rings (SSSR count). The molecule has 1 aliphatic heterocycles. The van der Waals surface area contributed by atoms with Crippen molar-refractivity contribution in [1.29, 1.82) is 0 Å². The standard InChI is InChI=1S/C13H14F3NO2/c1-8(13(14,15)16)19-10-4-5-11-9(7-10)3-2-6-17-12(11)18/h4-5,7-8H,2-3,6H2,1H3,(H,17,18). The first kappa shape index (κ1) is 13.7. The predicted octanol–water partition coefficient (Wildman–Crippen LogP) is 2.69.